The molecule has 2 aliphatic rings. The van der Waals surface area contributed by atoms with Crippen LogP contribution in [0.1, 0.15) is 49.2 Å². The van der Waals surface area contributed by atoms with Crippen LogP contribution in [0.4, 0.5) is 0 Å². The van der Waals surface area contributed by atoms with Gasteiger partial charge >= 0.3 is 0 Å². The third-order valence-electron chi connectivity index (χ3n) is 3.69. The first-order valence-corrected chi connectivity index (χ1v) is 7.09. The van der Waals surface area contributed by atoms with Gasteiger partial charge in [0.25, 0.3) is 5.56 Å². The van der Waals surface area contributed by atoms with Crippen LogP contribution in [0.15, 0.2) is 4.79 Å². The fourth-order valence-corrected chi connectivity index (χ4v) is 3.77. The van der Waals surface area contributed by atoms with Crippen LogP contribution in [0, 0.1) is 5.92 Å². The van der Waals surface area contributed by atoms with Gasteiger partial charge < -0.3 is 4.98 Å². The number of thioether (sulfide) groups is 1. The molecule has 2 unspecified atom stereocenters. The van der Waals surface area contributed by atoms with E-state index in [-0.39, 0.29) is 5.56 Å². The molecule has 3 nitrogen and oxygen atoms in total. The van der Waals surface area contributed by atoms with Gasteiger partial charge in [0.15, 0.2) is 0 Å². The summed E-state index contributed by atoms with van der Waals surface area (Å²) in [6, 6.07) is 0. The molecule has 0 aromatic carbocycles. The third kappa shape index (κ3) is 1.69. The molecule has 1 aliphatic carbocycles. The lowest BCUT2D eigenvalue weighted by atomic mass is 10.1. The van der Waals surface area contributed by atoms with Crippen molar-refractivity contribution in [1.82, 2.24) is 9.97 Å². The monoisotopic (exact) mass is 236 g/mol. The molecule has 0 radical (unpaired) electrons. The minimum absolute atomic E-state index is 0.101. The summed E-state index contributed by atoms with van der Waals surface area (Å²) in [6.07, 6.45) is 3.62. The van der Waals surface area contributed by atoms with Crippen molar-refractivity contribution in [2.45, 2.75) is 43.6 Å². The molecule has 4 heteroatoms. The molecule has 2 atom stereocenters. The number of hydrogen-bond acceptors (Lipinski definition) is 3. The van der Waals surface area contributed by atoms with E-state index in [1.165, 1.54) is 19.3 Å². The molecule has 2 heterocycles. The van der Waals surface area contributed by atoms with Gasteiger partial charge in [0.1, 0.15) is 5.82 Å². The highest BCUT2D eigenvalue weighted by Gasteiger charge is 2.26. The quantitative estimate of drug-likeness (QED) is 0.814. The maximum Gasteiger partial charge on any atom is 0.255 e. The average molecular weight is 236 g/mol. The molecule has 1 aliphatic heterocycles. The number of hydrogen-bond donors (Lipinski definition) is 1. The molecule has 1 N–H and O–H groups in total. The molecular weight excluding hydrogens is 220 g/mol. The zero-order valence-electron chi connectivity index (χ0n) is 9.45. The molecule has 1 aromatic heterocycles. The van der Waals surface area contributed by atoms with E-state index in [0.29, 0.717) is 5.92 Å². The second-order valence-corrected chi connectivity index (χ2v) is 5.97. The molecule has 1 aromatic rings. The lowest BCUT2D eigenvalue weighted by Gasteiger charge is -2.09. The maximum absolute atomic E-state index is 11.9. The summed E-state index contributed by atoms with van der Waals surface area (Å²) in [7, 11) is 0. The second kappa shape index (κ2) is 3.91. The Hall–Kier alpha value is -0.770. The third-order valence-corrected chi connectivity index (χ3v) is 4.66. The summed E-state index contributed by atoms with van der Waals surface area (Å²) in [5.41, 5.74) is 2.03. The summed E-state index contributed by atoms with van der Waals surface area (Å²) in [4.78, 5) is 19.5. The second-order valence-electron chi connectivity index (χ2n) is 4.98. The number of rotatable bonds is 1. The van der Waals surface area contributed by atoms with Crippen molar-refractivity contribution in [3.05, 3.63) is 27.4 Å². The van der Waals surface area contributed by atoms with E-state index >= 15 is 0 Å². The highest BCUT2D eigenvalue weighted by atomic mass is 32.2. The molecule has 0 amide bonds. The summed E-state index contributed by atoms with van der Waals surface area (Å²) in [5.74, 6) is 3.94. The fraction of sp³-hybridized carbons (Fsp3) is 0.667. The summed E-state index contributed by atoms with van der Waals surface area (Å²) < 4.78 is 0. The van der Waals surface area contributed by atoms with E-state index in [0.717, 1.165) is 34.5 Å². The van der Waals surface area contributed by atoms with Crippen molar-refractivity contribution in [2.75, 3.05) is 0 Å². The normalized spacial score (nSPS) is 28.3. The molecule has 0 spiro atoms. The SMILES string of the molecule is CC1CCC(c2nc3c(c(=O)[nH]2)CSC3)C1. The smallest absolute Gasteiger partial charge is 0.255 e. The van der Waals surface area contributed by atoms with Crippen molar-refractivity contribution in [1.29, 1.82) is 0 Å². The van der Waals surface area contributed by atoms with Crippen LogP contribution in [0.3, 0.4) is 0 Å². The highest BCUT2D eigenvalue weighted by molar-refractivity contribution is 7.98. The standard InChI is InChI=1S/C12H16N2OS/c1-7-2-3-8(4-7)11-13-10-6-16-5-9(10)12(15)14-11/h7-8H,2-6H2,1H3,(H,13,14,15). The molecule has 16 heavy (non-hydrogen) atoms. The summed E-state index contributed by atoms with van der Waals surface area (Å²) in [6.45, 7) is 2.28. The van der Waals surface area contributed by atoms with E-state index in [4.69, 9.17) is 0 Å². The molecular formula is C12H16N2OS. The predicted molar refractivity (Wildman–Crippen MR) is 65.6 cm³/mol. The largest absolute Gasteiger partial charge is 0.310 e. The zero-order valence-corrected chi connectivity index (χ0v) is 10.3. The Morgan fingerprint density at radius 2 is 2.25 bits per heavy atom. The lowest BCUT2D eigenvalue weighted by Crippen LogP contribution is -2.18. The topological polar surface area (TPSA) is 45.8 Å². The average Bonchev–Trinajstić information content (AvgIpc) is 2.85. The van der Waals surface area contributed by atoms with Gasteiger partial charge in [0, 0.05) is 23.0 Å². The van der Waals surface area contributed by atoms with E-state index in [1.807, 2.05) is 0 Å². The van der Waals surface area contributed by atoms with Crippen LogP contribution in [0.2, 0.25) is 0 Å². The lowest BCUT2D eigenvalue weighted by molar-refractivity contribution is 0.583. The molecule has 1 fully saturated rings. The molecule has 0 bridgehead atoms. The summed E-state index contributed by atoms with van der Waals surface area (Å²) in [5, 5.41) is 0. The number of fused-ring (bicyclic) bond motifs is 1. The number of nitrogens with one attached hydrogen (secondary N) is 1. The van der Waals surface area contributed by atoms with Crippen LogP contribution in [0.5, 0.6) is 0 Å². The van der Waals surface area contributed by atoms with Gasteiger partial charge in [-0.3, -0.25) is 4.79 Å². The van der Waals surface area contributed by atoms with Crippen molar-refractivity contribution in [3.8, 4) is 0 Å². The fourth-order valence-electron chi connectivity index (χ4n) is 2.73. The van der Waals surface area contributed by atoms with E-state index in [1.54, 1.807) is 11.8 Å². The Labute approximate surface area is 99.1 Å². The predicted octanol–water partition coefficient (Wildman–Crippen LogP) is 2.42. The number of nitrogens with zero attached hydrogens (tertiary/aromatic N) is 1. The van der Waals surface area contributed by atoms with Crippen molar-refractivity contribution < 1.29 is 0 Å². The molecule has 0 saturated heterocycles. The minimum atomic E-state index is 0.101. The van der Waals surface area contributed by atoms with Gasteiger partial charge in [0.05, 0.1) is 5.69 Å². The summed E-state index contributed by atoms with van der Waals surface area (Å²) >= 11 is 1.79. The van der Waals surface area contributed by atoms with Gasteiger partial charge in [-0.1, -0.05) is 6.92 Å². The van der Waals surface area contributed by atoms with Crippen LogP contribution >= 0.6 is 11.8 Å². The first kappa shape index (κ1) is 10.4. The molecule has 1 saturated carbocycles. The Bertz CT molecular complexity index is 469. The van der Waals surface area contributed by atoms with E-state index in [9.17, 15) is 4.79 Å². The van der Waals surface area contributed by atoms with Crippen LogP contribution in [-0.2, 0) is 11.5 Å². The van der Waals surface area contributed by atoms with Crippen LogP contribution in [-0.4, -0.2) is 9.97 Å². The van der Waals surface area contributed by atoms with Crippen molar-refractivity contribution in [3.63, 3.8) is 0 Å². The number of H-pyrrole nitrogens is 1. The van der Waals surface area contributed by atoms with E-state index in [2.05, 4.69) is 16.9 Å². The Balaban J connectivity index is 1.97. The minimum Gasteiger partial charge on any atom is -0.310 e. The first-order valence-electron chi connectivity index (χ1n) is 5.93. The van der Waals surface area contributed by atoms with Crippen LogP contribution < -0.4 is 5.56 Å². The number of aromatic amines is 1. The van der Waals surface area contributed by atoms with Gasteiger partial charge in [0.2, 0.25) is 0 Å². The van der Waals surface area contributed by atoms with Crippen LogP contribution in [0.25, 0.3) is 0 Å². The Morgan fingerprint density at radius 1 is 1.38 bits per heavy atom. The van der Waals surface area contributed by atoms with Crippen molar-refractivity contribution in [2.24, 2.45) is 5.92 Å². The van der Waals surface area contributed by atoms with Gasteiger partial charge in [-0.2, -0.15) is 11.8 Å². The Morgan fingerprint density at radius 3 is 3.00 bits per heavy atom. The Kier molecular flexibility index (Phi) is 2.54. The first-order chi connectivity index (χ1) is 7.74. The number of aromatic nitrogens is 2. The zero-order chi connectivity index (χ0) is 11.1. The highest BCUT2D eigenvalue weighted by Crippen LogP contribution is 2.36. The van der Waals surface area contributed by atoms with Gasteiger partial charge in [-0.25, -0.2) is 4.98 Å². The van der Waals surface area contributed by atoms with Gasteiger partial charge in [-0.15, -0.1) is 0 Å². The molecule has 86 valence electrons. The maximum atomic E-state index is 11.9. The van der Waals surface area contributed by atoms with E-state index < -0.39 is 0 Å². The van der Waals surface area contributed by atoms with Crippen molar-refractivity contribution >= 4 is 11.8 Å². The van der Waals surface area contributed by atoms with Gasteiger partial charge in [-0.05, 0) is 25.2 Å². The molecule has 3 rings (SSSR count).